The number of halogens is 1. The van der Waals surface area contributed by atoms with Crippen molar-refractivity contribution in [3.8, 4) is 0 Å². The minimum Gasteiger partial charge on any atom is -0.338 e. The summed E-state index contributed by atoms with van der Waals surface area (Å²) in [6, 6.07) is 16.1. The van der Waals surface area contributed by atoms with Crippen LogP contribution in [0.15, 0.2) is 54.7 Å². The fourth-order valence-corrected chi connectivity index (χ4v) is 3.44. The number of carbonyl (C=O) groups is 1. The first kappa shape index (κ1) is 14.3. The van der Waals surface area contributed by atoms with Gasteiger partial charge in [0.15, 0.2) is 0 Å². The van der Waals surface area contributed by atoms with Crippen molar-refractivity contribution in [2.75, 3.05) is 6.54 Å². The van der Waals surface area contributed by atoms with Gasteiger partial charge in [-0.2, -0.15) is 0 Å². The van der Waals surface area contributed by atoms with Crippen molar-refractivity contribution in [2.45, 2.75) is 19.5 Å². The lowest BCUT2D eigenvalue weighted by atomic mass is 10.00. The van der Waals surface area contributed by atoms with Crippen LogP contribution in [-0.2, 0) is 24.3 Å². The lowest BCUT2D eigenvalue weighted by Crippen LogP contribution is -2.37. The quantitative estimate of drug-likeness (QED) is 0.702. The maximum Gasteiger partial charge on any atom is 0.242 e. The van der Waals surface area contributed by atoms with E-state index in [1.807, 2.05) is 46.0 Å². The molecule has 0 saturated heterocycles. The highest BCUT2D eigenvalue weighted by Gasteiger charge is 2.20. The van der Waals surface area contributed by atoms with E-state index >= 15 is 0 Å². The first-order valence-corrected chi connectivity index (χ1v) is 8.17. The van der Waals surface area contributed by atoms with Gasteiger partial charge >= 0.3 is 0 Å². The highest BCUT2D eigenvalue weighted by Crippen LogP contribution is 2.22. The van der Waals surface area contributed by atoms with Gasteiger partial charge in [-0.15, -0.1) is 0 Å². The summed E-state index contributed by atoms with van der Waals surface area (Å²) in [5.74, 6) is 0.159. The molecule has 1 amide bonds. The van der Waals surface area contributed by atoms with Crippen molar-refractivity contribution in [2.24, 2.45) is 0 Å². The molecule has 1 aliphatic rings. The van der Waals surface area contributed by atoms with Gasteiger partial charge in [0.25, 0.3) is 0 Å². The van der Waals surface area contributed by atoms with E-state index in [1.54, 1.807) is 0 Å². The second-order valence-electron chi connectivity index (χ2n) is 5.98. The third-order valence-corrected chi connectivity index (χ3v) is 4.76. The highest BCUT2D eigenvalue weighted by molar-refractivity contribution is 6.31. The van der Waals surface area contributed by atoms with Crippen LogP contribution in [0, 0.1) is 0 Å². The molecule has 0 radical (unpaired) electrons. The van der Waals surface area contributed by atoms with Gasteiger partial charge in [0.2, 0.25) is 5.91 Å². The predicted molar refractivity (Wildman–Crippen MR) is 92.5 cm³/mol. The van der Waals surface area contributed by atoms with E-state index in [-0.39, 0.29) is 5.91 Å². The molecule has 3 aromatic rings. The van der Waals surface area contributed by atoms with Gasteiger partial charge in [0.05, 0.1) is 0 Å². The second kappa shape index (κ2) is 5.74. The van der Waals surface area contributed by atoms with Crippen LogP contribution in [0.5, 0.6) is 0 Å². The smallest absolute Gasteiger partial charge is 0.242 e. The van der Waals surface area contributed by atoms with Crippen molar-refractivity contribution < 1.29 is 4.79 Å². The SMILES string of the molecule is O=C(Cn1ccc2cc(Cl)ccc21)N1CCc2ccccc2C1. The van der Waals surface area contributed by atoms with Crippen LogP contribution in [0.1, 0.15) is 11.1 Å². The van der Waals surface area contributed by atoms with Crippen LogP contribution >= 0.6 is 11.6 Å². The largest absolute Gasteiger partial charge is 0.338 e. The number of carbonyl (C=O) groups excluding carboxylic acids is 1. The van der Waals surface area contributed by atoms with Gasteiger partial charge in [-0.3, -0.25) is 4.79 Å². The topological polar surface area (TPSA) is 25.2 Å². The van der Waals surface area contributed by atoms with Crippen LogP contribution in [0.3, 0.4) is 0 Å². The summed E-state index contributed by atoms with van der Waals surface area (Å²) >= 11 is 6.02. The number of hydrogen-bond donors (Lipinski definition) is 0. The number of hydrogen-bond acceptors (Lipinski definition) is 1. The van der Waals surface area contributed by atoms with E-state index < -0.39 is 0 Å². The number of fused-ring (bicyclic) bond motifs is 2. The van der Waals surface area contributed by atoms with Crippen molar-refractivity contribution in [3.63, 3.8) is 0 Å². The summed E-state index contributed by atoms with van der Waals surface area (Å²) in [5, 5.41) is 1.78. The van der Waals surface area contributed by atoms with Gasteiger partial charge in [-0.1, -0.05) is 35.9 Å². The Labute approximate surface area is 140 Å². The number of benzene rings is 2. The normalized spacial score (nSPS) is 14.0. The fourth-order valence-electron chi connectivity index (χ4n) is 3.26. The summed E-state index contributed by atoms with van der Waals surface area (Å²) in [5.41, 5.74) is 3.66. The Bertz CT molecular complexity index is 884. The second-order valence-corrected chi connectivity index (χ2v) is 6.42. The van der Waals surface area contributed by atoms with Crippen LogP contribution in [0.2, 0.25) is 5.02 Å². The molecule has 0 saturated carbocycles. The zero-order valence-electron chi connectivity index (χ0n) is 12.7. The molecule has 0 atom stereocenters. The molecular weight excluding hydrogens is 308 g/mol. The zero-order valence-corrected chi connectivity index (χ0v) is 13.5. The highest BCUT2D eigenvalue weighted by atomic mass is 35.5. The minimum atomic E-state index is 0.159. The Morgan fingerprint density at radius 3 is 2.78 bits per heavy atom. The van der Waals surface area contributed by atoms with E-state index in [2.05, 4.69) is 18.2 Å². The molecule has 1 aliphatic heterocycles. The third kappa shape index (κ3) is 2.73. The molecule has 4 heteroatoms. The van der Waals surface area contributed by atoms with E-state index in [0.29, 0.717) is 18.1 Å². The van der Waals surface area contributed by atoms with Crippen molar-refractivity contribution in [3.05, 3.63) is 70.9 Å². The Morgan fingerprint density at radius 2 is 1.91 bits per heavy atom. The molecule has 2 aromatic carbocycles. The summed E-state index contributed by atoms with van der Waals surface area (Å²) in [4.78, 5) is 14.6. The van der Waals surface area contributed by atoms with Gasteiger partial charge in [0, 0.05) is 35.2 Å². The fraction of sp³-hybridized carbons (Fsp3) is 0.211. The third-order valence-electron chi connectivity index (χ3n) is 4.52. The molecule has 1 aromatic heterocycles. The molecule has 23 heavy (non-hydrogen) atoms. The summed E-state index contributed by atoms with van der Waals surface area (Å²) in [6.07, 6.45) is 2.89. The molecule has 0 fully saturated rings. The molecule has 0 spiro atoms. The monoisotopic (exact) mass is 324 g/mol. The molecule has 0 aliphatic carbocycles. The Hall–Kier alpha value is -2.26. The summed E-state index contributed by atoms with van der Waals surface area (Å²) in [7, 11) is 0. The lowest BCUT2D eigenvalue weighted by molar-refractivity contribution is -0.132. The van der Waals surface area contributed by atoms with Crippen LogP contribution in [0.4, 0.5) is 0 Å². The van der Waals surface area contributed by atoms with Crippen molar-refractivity contribution in [1.82, 2.24) is 9.47 Å². The summed E-state index contributed by atoms with van der Waals surface area (Å²) < 4.78 is 1.99. The van der Waals surface area contributed by atoms with Gasteiger partial charge in [-0.25, -0.2) is 0 Å². The van der Waals surface area contributed by atoms with Crippen molar-refractivity contribution in [1.29, 1.82) is 0 Å². The molecule has 3 nitrogen and oxygen atoms in total. The lowest BCUT2D eigenvalue weighted by Gasteiger charge is -2.29. The average Bonchev–Trinajstić information content (AvgIpc) is 2.96. The molecule has 0 unspecified atom stereocenters. The first-order valence-electron chi connectivity index (χ1n) is 7.80. The maximum absolute atomic E-state index is 12.7. The molecule has 116 valence electrons. The number of nitrogens with zero attached hydrogens (tertiary/aromatic N) is 2. The van der Waals surface area contributed by atoms with E-state index in [4.69, 9.17) is 11.6 Å². The van der Waals surface area contributed by atoms with Gasteiger partial charge in [-0.05, 0) is 41.8 Å². The van der Waals surface area contributed by atoms with Crippen molar-refractivity contribution >= 4 is 28.4 Å². The average molecular weight is 325 g/mol. The Kier molecular flexibility index (Phi) is 3.58. The molecule has 0 N–H and O–H groups in total. The van der Waals surface area contributed by atoms with Gasteiger partial charge < -0.3 is 9.47 Å². The molecular formula is C19H17ClN2O. The molecule has 4 rings (SSSR count). The molecule has 2 heterocycles. The van der Waals surface area contributed by atoms with Gasteiger partial charge in [0.1, 0.15) is 6.54 Å². The maximum atomic E-state index is 12.7. The molecule has 0 bridgehead atoms. The van der Waals surface area contributed by atoms with E-state index in [1.165, 1.54) is 11.1 Å². The minimum absolute atomic E-state index is 0.159. The van der Waals surface area contributed by atoms with E-state index in [9.17, 15) is 4.79 Å². The number of aromatic nitrogens is 1. The van der Waals surface area contributed by atoms with E-state index in [0.717, 1.165) is 23.9 Å². The number of amides is 1. The predicted octanol–water partition coefficient (Wildman–Crippen LogP) is 3.88. The first-order chi connectivity index (χ1) is 11.2. The summed E-state index contributed by atoms with van der Waals surface area (Å²) in [6.45, 7) is 1.87. The Morgan fingerprint density at radius 1 is 1.09 bits per heavy atom. The zero-order chi connectivity index (χ0) is 15.8. The standard InChI is InChI=1S/C19H17ClN2O/c20-17-5-6-18-15(11-17)8-9-21(18)13-19(23)22-10-7-14-3-1-2-4-16(14)12-22/h1-6,8-9,11H,7,10,12-13H2. The van der Waals surface area contributed by atoms with Crippen LogP contribution in [-0.4, -0.2) is 21.9 Å². The van der Waals surface area contributed by atoms with Crippen LogP contribution in [0.25, 0.3) is 10.9 Å². The Balaban J connectivity index is 1.54. The number of rotatable bonds is 2. The van der Waals surface area contributed by atoms with Crippen LogP contribution < -0.4 is 0 Å².